The van der Waals surface area contributed by atoms with Gasteiger partial charge in [0.15, 0.2) is 8.24 Å². The van der Waals surface area contributed by atoms with Crippen LogP contribution in [0.5, 0.6) is 0 Å². The van der Waals surface area contributed by atoms with Gasteiger partial charge in [-0.15, -0.1) is 0 Å². The number of fused-ring (bicyclic) bond motifs is 1. The molecule has 0 unspecified atom stereocenters. The second kappa shape index (κ2) is 5.19. The minimum Gasteiger partial charge on any atom is -0.317 e. The van der Waals surface area contributed by atoms with Gasteiger partial charge in [0, 0.05) is 0 Å². The summed E-state index contributed by atoms with van der Waals surface area (Å²) in [6.45, 7) is 4.80. The molecule has 114 valence electrons. The first kappa shape index (κ1) is 14.4. The third-order valence-corrected chi connectivity index (χ3v) is 7.70. The second-order valence-corrected chi connectivity index (χ2v) is 10.8. The van der Waals surface area contributed by atoms with Gasteiger partial charge >= 0.3 is 0 Å². The molecule has 1 aliphatic rings. The lowest BCUT2D eigenvalue weighted by atomic mass is 9.78. The lowest BCUT2D eigenvalue weighted by Gasteiger charge is -2.35. The van der Waals surface area contributed by atoms with Gasteiger partial charge in [-0.25, -0.2) is 0 Å². The highest BCUT2D eigenvalue weighted by atomic mass is 28.3. The predicted molar refractivity (Wildman–Crippen MR) is 99.5 cm³/mol. The highest BCUT2D eigenvalue weighted by Gasteiger charge is 2.49. The average Bonchev–Trinajstić information content (AvgIpc) is 2.86. The number of hydrogen-bond acceptors (Lipinski definition) is 1. The number of hydrogen-bond donors (Lipinski definition) is 1. The molecule has 3 aromatic rings. The fraction of sp³-hybridized carbons (Fsp3) is 0.143. The topological polar surface area (TPSA) is 12.0 Å². The Morgan fingerprint density at radius 2 is 1.13 bits per heavy atom. The minimum absolute atomic E-state index is 0.241. The Morgan fingerprint density at radius 1 is 0.652 bits per heavy atom. The van der Waals surface area contributed by atoms with Crippen LogP contribution in [0.3, 0.4) is 0 Å². The van der Waals surface area contributed by atoms with Crippen molar-refractivity contribution in [2.24, 2.45) is 0 Å². The lowest BCUT2D eigenvalue weighted by Crippen LogP contribution is -2.54. The lowest BCUT2D eigenvalue weighted by molar-refractivity contribution is 0.599. The Bertz CT molecular complexity index is 785. The number of benzene rings is 3. The molecule has 0 saturated heterocycles. The van der Waals surface area contributed by atoms with Crippen molar-refractivity contribution in [2.45, 2.75) is 18.6 Å². The highest BCUT2D eigenvalue weighted by Crippen LogP contribution is 2.41. The van der Waals surface area contributed by atoms with Gasteiger partial charge < -0.3 is 4.98 Å². The summed E-state index contributed by atoms with van der Waals surface area (Å²) in [4.78, 5) is 4.08. The normalized spacial score (nSPS) is 17.7. The van der Waals surface area contributed by atoms with Gasteiger partial charge in [-0.05, 0) is 21.9 Å². The molecule has 0 radical (unpaired) electrons. The second-order valence-electron chi connectivity index (χ2n) is 6.78. The van der Waals surface area contributed by atoms with Crippen molar-refractivity contribution >= 4 is 13.4 Å². The van der Waals surface area contributed by atoms with E-state index in [0.717, 1.165) is 0 Å². The Hall–Kier alpha value is -2.16. The Balaban J connectivity index is 2.07. The molecule has 23 heavy (non-hydrogen) atoms. The van der Waals surface area contributed by atoms with Crippen LogP contribution in [0.1, 0.15) is 16.7 Å². The van der Waals surface area contributed by atoms with Crippen LogP contribution in [0, 0.1) is 0 Å². The van der Waals surface area contributed by atoms with E-state index in [0.29, 0.717) is 0 Å². The maximum atomic E-state index is 4.08. The van der Waals surface area contributed by atoms with Crippen molar-refractivity contribution < 1.29 is 0 Å². The molecule has 0 amide bonds. The molecule has 0 spiro atoms. The standard InChI is InChI=1S/C21H21NSi/c1-23(2)20-16-10-9-15-19(20)21(22-23,17-11-5-3-6-12-17)18-13-7-4-8-14-18/h3-16,22H,1-2H3. The molecule has 1 N–H and O–H groups in total. The van der Waals surface area contributed by atoms with E-state index in [1.165, 1.54) is 21.9 Å². The molecular formula is C21H21NSi. The third kappa shape index (κ3) is 2.10. The molecule has 0 saturated carbocycles. The van der Waals surface area contributed by atoms with Crippen LogP contribution >= 0.6 is 0 Å². The van der Waals surface area contributed by atoms with E-state index < -0.39 is 8.24 Å². The van der Waals surface area contributed by atoms with Crippen molar-refractivity contribution in [1.82, 2.24) is 4.98 Å². The van der Waals surface area contributed by atoms with Crippen LogP contribution in [0.25, 0.3) is 0 Å². The fourth-order valence-electron chi connectivity index (χ4n) is 3.96. The molecule has 0 bridgehead atoms. The van der Waals surface area contributed by atoms with Crippen molar-refractivity contribution in [3.8, 4) is 0 Å². The maximum Gasteiger partial charge on any atom is 0.153 e. The van der Waals surface area contributed by atoms with Crippen LogP contribution in [0.2, 0.25) is 13.1 Å². The zero-order valence-electron chi connectivity index (χ0n) is 13.6. The van der Waals surface area contributed by atoms with E-state index in [9.17, 15) is 0 Å². The highest BCUT2D eigenvalue weighted by molar-refractivity contribution is 6.89. The fourth-order valence-corrected chi connectivity index (χ4v) is 6.91. The van der Waals surface area contributed by atoms with Gasteiger partial charge in [-0.2, -0.15) is 0 Å². The number of rotatable bonds is 2. The Morgan fingerprint density at radius 3 is 1.70 bits per heavy atom. The summed E-state index contributed by atoms with van der Waals surface area (Å²) < 4.78 is 0. The van der Waals surface area contributed by atoms with E-state index in [-0.39, 0.29) is 5.54 Å². The summed E-state index contributed by atoms with van der Waals surface area (Å²) in [6, 6.07) is 30.6. The predicted octanol–water partition coefficient (Wildman–Crippen LogP) is 3.99. The van der Waals surface area contributed by atoms with Crippen LogP contribution in [0.4, 0.5) is 0 Å². The van der Waals surface area contributed by atoms with Gasteiger partial charge in [0.2, 0.25) is 0 Å². The third-order valence-electron chi connectivity index (χ3n) is 4.92. The van der Waals surface area contributed by atoms with E-state index in [1.807, 2.05) is 0 Å². The molecule has 0 aliphatic carbocycles. The van der Waals surface area contributed by atoms with Crippen LogP contribution in [-0.2, 0) is 5.54 Å². The smallest absolute Gasteiger partial charge is 0.153 e. The first-order valence-electron chi connectivity index (χ1n) is 8.15. The van der Waals surface area contributed by atoms with Gasteiger partial charge in [0.05, 0.1) is 5.54 Å². The zero-order valence-corrected chi connectivity index (χ0v) is 14.6. The molecule has 0 atom stereocenters. The van der Waals surface area contributed by atoms with Crippen molar-refractivity contribution in [3.05, 3.63) is 102 Å². The molecule has 1 aliphatic heterocycles. The van der Waals surface area contributed by atoms with E-state index >= 15 is 0 Å². The van der Waals surface area contributed by atoms with Gasteiger partial charge in [0.1, 0.15) is 0 Å². The molecule has 1 nitrogen and oxygen atoms in total. The average molecular weight is 315 g/mol. The zero-order chi connectivity index (χ0) is 15.9. The molecule has 2 heteroatoms. The quantitative estimate of drug-likeness (QED) is 0.705. The molecule has 1 heterocycles. The number of nitrogens with one attached hydrogen (secondary N) is 1. The van der Waals surface area contributed by atoms with Gasteiger partial charge in [0.25, 0.3) is 0 Å². The van der Waals surface area contributed by atoms with E-state index in [1.54, 1.807) is 0 Å². The van der Waals surface area contributed by atoms with Gasteiger partial charge in [-0.1, -0.05) is 98.0 Å². The van der Waals surface area contributed by atoms with Crippen molar-refractivity contribution in [2.75, 3.05) is 0 Å². The largest absolute Gasteiger partial charge is 0.317 e. The Labute approximate surface area is 139 Å². The van der Waals surface area contributed by atoms with Crippen molar-refractivity contribution in [1.29, 1.82) is 0 Å². The summed E-state index contributed by atoms with van der Waals surface area (Å²) in [5.41, 5.74) is 3.80. The summed E-state index contributed by atoms with van der Waals surface area (Å²) in [5.74, 6) is 0. The molecule has 0 aromatic heterocycles. The summed E-state index contributed by atoms with van der Waals surface area (Å²) >= 11 is 0. The minimum atomic E-state index is -1.71. The summed E-state index contributed by atoms with van der Waals surface area (Å²) in [5, 5.41) is 1.51. The summed E-state index contributed by atoms with van der Waals surface area (Å²) in [6.07, 6.45) is 0. The van der Waals surface area contributed by atoms with Crippen LogP contribution in [-0.4, -0.2) is 8.24 Å². The van der Waals surface area contributed by atoms with Crippen molar-refractivity contribution in [3.63, 3.8) is 0 Å². The molecule has 4 rings (SSSR count). The molecular weight excluding hydrogens is 294 g/mol. The van der Waals surface area contributed by atoms with Crippen LogP contribution in [0.15, 0.2) is 84.9 Å². The molecule has 0 fully saturated rings. The SMILES string of the molecule is C[Si]1(C)NC(c2ccccc2)(c2ccccc2)c2ccccc21. The molecule has 3 aromatic carbocycles. The monoisotopic (exact) mass is 315 g/mol. The summed E-state index contributed by atoms with van der Waals surface area (Å²) in [7, 11) is -1.71. The maximum absolute atomic E-state index is 4.08. The van der Waals surface area contributed by atoms with E-state index in [4.69, 9.17) is 0 Å². The first-order valence-corrected chi connectivity index (χ1v) is 11.1. The Kier molecular flexibility index (Phi) is 3.25. The van der Waals surface area contributed by atoms with Crippen LogP contribution < -0.4 is 10.2 Å². The first-order chi connectivity index (χ1) is 11.1. The van der Waals surface area contributed by atoms with Gasteiger partial charge in [-0.3, -0.25) is 0 Å². The van der Waals surface area contributed by atoms with E-state index in [2.05, 4.69) is 103 Å².